The highest BCUT2D eigenvalue weighted by atomic mass is 16.5. The van der Waals surface area contributed by atoms with Gasteiger partial charge in [0.1, 0.15) is 0 Å². The summed E-state index contributed by atoms with van der Waals surface area (Å²) in [4.78, 5) is 29.2. The molecule has 6 heteroatoms. The second-order valence-electron chi connectivity index (χ2n) is 3.71. The Bertz CT molecular complexity index is 599. The average molecular weight is 259 g/mol. The van der Waals surface area contributed by atoms with Gasteiger partial charge in [0.05, 0.1) is 24.1 Å². The maximum atomic E-state index is 11.8. The third kappa shape index (κ3) is 3.41. The summed E-state index contributed by atoms with van der Waals surface area (Å²) in [5.41, 5.74) is 0.674. The van der Waals surface area contributed by atoms with E-state index in [-0.39, 0.29) is 11.5 Å². The molecule has 0 atom stereocenters. The van der Waals surface area contributed by atoms with Crippen molar-refractivity contribution in [3.05, 3.63) is 52.6 Å². The number of rotatable bonds is 4. The summed E-state index contributed by atoms with van der Waals surface area (Å²) in [6, 6.07) is 6.12. The van der Waals surface area contributed by atoms with Gasteiger partial charge in [0.2, 0.25) is 11.4 Å². The molecule has 98 valence electrons. The number of ether oxygens (including phenoxy) is 1. The number of pyridine rings is 2. The van der Waals surface area contributed by atoms with Gasteiger partial charge in [-0.2, -0.15) is 0 Å². The van der Waals surface area contributed by atoms with E-state index in [4.69, 9.17) is 4.74 Å². The van der Waals surface area contributed by atoms with Crippen LogP contribution in [0.1, 0.15) is 17.3 Å². The van der Waals surface area contributed by atoms with Crippen molar-refractivity contribution in [1.29, 1.82) is 0 Å². The second-order valence-corrected chi connectivity index (χ2v) is 3.71. The standard InChI is InChI=1S/C13H13N3O3/c1-2-19-12-6-4-10(8-15-12)16-13(18)9-3-5-11(17)14-7-9/h3-8H,2H2,1H3,(H,14,17)(H,16,18). The highest BCUT2D eigenvalue weighted by molar-refractivity contribution is 6.03. The number of hydrogen-bond acceptors (Lipinski definition) is 4. The van der Waals surface area contributed by atoms with Gasteiger partial charge in [0, 0.05) is 18.3 Å². The molecule has 0 saturated carbocycles. The van der Waals surface area contributed by atoms with Crippen LogP contribution in [0.5, 0.6) is 5.88 Å². The maximum Gasteiger partial charge on any atom is 0.257 e. The molecular formula is C13H13N3O3. The fourth-order valence-electron chi connectivity index (χ4n) is 1.44. The number of nitrogens with zero attached hydrogens (tertiary/aromatic N) is 1. The topological polar surface area (TPSA) is 84.1 Å². The van der Waals surface area contributed by atoms with E-state index in [1.54, 1.807) is 12.1 Å². The van der Waals surface area contributed by atoms with E-state index in [2.05, 4.69) is 15.3 Å². The quantitative estimate of drug-likeness (QED) is 0.869. The molecule has 2 heterocycles. The van der Waals surface area contributed by atoms with Crippen LogP contribution in [0, 0.1) is 0 Å². The normalized spacial score (nSPS) is 9.95. The Morgan fingerprint density at radius 2 is 2.21 bits per heavy atom. The van der Waals surface area contributed by atoms with Gasteiger partial charge in [-0.15, -0.1) is 0 Å². The molecule has 2 N–H and O–H groups in total. The van der Waals surface area contributed by atoms with Gasteiger partial charge >= 0.3 is 0 Å². The molecule has 6 nitrogen and oxygen atoms in total. The van der Waals surface area contributed by atoms with Gasteiger partial charge in [-0.3, -0.25) is 9.59 Å². The van der Waals surface area contributed by atoms with E-state index in [0.717, 1.165) is 0 Å². The van der Waals surface area contributed by atoms with Crippen LogP contribution in [0.15, 0.2) is 41.5 Å². The van der Waals surface area contributed by atoms with Crippen LogP contribution in [0.25, 0.3) is 0 Å². The smallest absolute Gasteiger partial charge is 0.257 e. The molecule has 2 rings (SSSR count). The first-order valence-electron chi connectivity index (χ1n) is 5.78. The van der Waals surface area contributed by atoms with E-state index in [1.165, 1.54) is 24.5 Å². The molecule has 0 aromatic carbocycles. The van der Waals surface area contributed by atoms with Crippen LogP contribution in [0.2, 0.25) is 0 Å². The van der Waals surface area contributed by atoms with Crippen molar-refractivity contribution in [2.24, 2.45) is 0 Å². The summed E-state index contributed by atoms with van der Waals surface area (Å²) in [7, 11) is 0. The number of aromatic amines is 1. The van der Waals surface area contributed by atoms with Crippen molar-refractivity contribution in [2.45, 2.75) is 6.92 Å². The zero-order valence-corrected chi connectivity index (χ0v) is 10.3. The third-order valence-electron chi connectivity index (χ3n) is 2.33. The molecule has 0 aliphatic rings. The Hall–Kier alpha value is -2.63. The lowest BCUT2D eigenvalue weighted by molar-refractivity contribution is 0.102. The number of amides is 1. The summed E-state index contributed by atoms with van der Waals surface area (Å²) in [5, 5.41) is 2.67. The highest BCUT2D eigenvalue weighted by Crippen LogP contribution is 2.12. The minimum Gasteiger partial charge on any atom is -0.478 e. The van der Waals surface area contributed by atoms with Crippen molar-refractivity contribution in [2.75, 3.05) is 11.9 Å². The molecule has 2 aromatic heterocycles. The largest absolute Gasteiger partial charge is 0.478 e. The summed E-state index contributed by atoms with van der Waals surface area (Å²) in [6.07, 6.45) is 2.87. The molecule has 0 fully saturated rings. The van der Waals surface area contributed by atoms with Crippen LogP contribution in [0.3, 0.4) is 0 Å². The van der Waals surface area contributed by atoms with Crippen LogP contribution >= 0.6 is 0 Å². The average Bonchev–Trinajstić information content (AvgIpc) is 2.42. The molecule has 1 amide bonds. The first-order chi connectivity index (χ1) is 9.19. The zero-order valence-electron chi connectivity index (χ0n) is 10.3. The number of hydrogen-bond donors (Lipinski definition) is 2. The van der Waals surface area contributed by atoms with Crippen LogP contribution in [-0.2, 0) is 0 Å². The predicted molar refractivity (Wildman–Crippen MR) is 70.4 cm³/mol. The molecule has 0 bridgehead atoms. The number of aromatic nitrogens is 2. The molecule has 0 radical (unpaired) electrons. The number of anilines is 1. The summed E-state index contributed by atoms with van der Waals surface area (Å²) >= 11 is 0. The van der Waals surface area contributed by atoms with Crippen molar-refractivity contribution in [3.8, 4) is 5.88 Å². The molecule has 0 aliphatic carbocycles. The van der Waals surface area contributed by atoms with Gasteiger partial charge in [-0.25, -0.2) is 4.98 Å². The van der Waals surface area contributed by atoms with Crippen molar-refractivity contribution >= 4 is 11.6 Å². The molecule has 0 unspecified atom stereocenters. The zero-order chi connectivity index (χ0) is 13.7. The van der Waals surface area contributed by atoms with Gasteiger partial charge in [-0.1, -0.05) is 0 Å². The van der Waals surface area contributed by atoms with Gasteiger partial charge < -0.3 is 15.0 Å². The van der Waals surface area contributed by atoms with E-state index < -0.39 is 0 Å². The first kappa shape index (κ1) is 12.8. The van der Waals surface area contributed by atoms with Gasteiger partial charge in [0.15, 0.2) is 0 Å². The van der Waals surface area contributed by atoms with E-state index in [9.17, 15) is 9.59 Å². The van der Waals surface area contributed by atoms with Crippen molar-refractivity contribution < 1.29 is 9.53 Å². The summed E-state index contributed by atoms with van der Waals surface area (Å²) < 4.78 is 5.20. The molecule has 19 heavy (non-hydrogen) atoms. The van der Waals surface area contributed by atoms with E-state index >= 15 is 0 Å². The minimum absolute atomic E-state index is 0.251. The molecule has 0 saturated heterocycles. The van der Waals surface area contributed by atoms with E-state index in [1.807, 2.05) is 6.92 Å². The number of carbonyl (C=O) groups excluding carboxylic acids is 1. The Balaban J connectivity index is 2.06. The fraction of sp³-hybridized carbons (Fsp3) is 0.154. The van der Waals surface area contributed by atoms with E-state index in [0.29, 0.717) is 23.7 Å². The number of nitrogens with one attached hydrogen (secondary N) is 2. The van der Waals surface area contributed by atoms with Crippen LogP contribution < -0.4 is 15.6 Å². The second kappa shape index (κ2) is 5.81. The Morgan fingerprint density at radius 1 is 1.37 bits per heavy atom. The molecule has 0 spiro atoms. The monoisotopic (exact) mass is 259 g/mol. The molecule has 0 aliphatic heterocycles. The lowest BCUT2D eigenvalue weighted by atomic mass is 10.2. The predicted octanol–water partition coefficient (Wildman–Crippen LogP) is 1.42. The Kier molecular flexibility index (Phi) is 3.92. The number of H-pyrrole nitrogens is 1. The lowest BCUT2D eigenvalue weighted by Crippen LogP contribution is -2.14. The highest BCUT2D eigenvalue weighted by Gasteiger charge is 2.06. The van der Waals surface area contributed by atoms with Crippen molar-refractivity contribution in [1.82, 2.24) is 9.97 Å². The van der Waals surface area contributed by atoms with Crippen LogP contribution in [-0.4, -0.2) is 22.5 Å². The van der Waals surface area contributed by atoms with Gasteiger partial charge in [0.25, 0.3) is 5.91 Å². The minimum atomic E-state index is -0.317. The fourth-order valence-corrected chi connectivity index (χ4v) is 1.44. The first-order valence-corrected chi connectivity index (χ1v) is 5.78. The van der Waals surface area contributed by atoms with Gasteiger partial charge in [-0.05, 0) is 19.1 Å². The Labute approximate surface area is 109 Å². The third-order valence-corrected chi connectivity index (χ3v) is 2.33. The maximum absolute atomic E-state index is 11.8. The summed E-state index contributed by atoms with van der Waals surface area (Å²) in [5.74, 6) is 0.187. The van der Waals surface area contributed by atoms with Crippen molar-refractivity contribution in [3.63, 3.8) is 0 Å². The lowest BCUT2D eigenvalue weighted by Gasteiger charge is -2.06. The summed E-state index contributed by atoms with van der Waals surface area (Å²) in [6.45, 7) is 2.41. The Morgan fingerprint density at radius 3 is 2.79 bits per heavy atom. The van der Waals surface area contributed by atoms with Crippen LogP contribution in [0.4, 0.5) is 5.69 Å². The number of carbonyl (C=O) groups is 1. The molecular weight excluding hydrogens is 246 g/mol. The SMILES string of the molecule is CCOc1ccc(NC(=O)c2ccc(=O)[nH]c2)cn1. The molecule has 2 aromatic rings.